The summed E-state index contributed by atoms with van der Waals surface area (Å²) in [5.74, 6) is 0. The van der Waals surface area contributed by atoms with E-state index in [0.717, 1.165) is 36.9 Å². The number of pyridine rings is 2. The van der Waals surface area contributed by atoms with Crippen LogP contribution in [0.5, 0.6) is 0 Å². The largest absolute Gasteiger partial charge is 0.354 e. The number of aryl methyl sites for hydroxylation is 2. The third-order valence-corrected chi connectivity index (χ3v) is 5.94. The molecule has 0 atom stereocenters. The van der Waals surface area contributed by atoms with E-state index in [1.54, 1.807) is 0 Å². The Bertz CT molecular complexity index is 745. The van der Waals surface area contributed by atoms with Crippen molar-refractivity contribution < 1.29 is 0 Å². The molecule has 2 aromatic rings. The van der Waals surface area contributed by atoms with Crippen LogP contribution in [0.25, 0.3) is 0 Å². The van der Waals surface area contributed by atoms with Crippen LogP contribution >= 0.6 is 34.0 Å². The van der Waals surface area contributed by atoms with Gasteiger partial charge >= 0.3 is 0 Å². The van der Waals surface area contributed by atoms with Crippen LogP contribution in [-0.2, 0) is 13.1 Å². The second-order valence-corrected chi connectivity index (χ2v) is 8.89. The molecular weight excluding hydrogens is 552 g/mol. The monoisotopic (exact) mass is 598 g/mol. The molecule has 0 saturated heterocycles. The second-order valence-electron chi connectivity index (χ2n) is 8.89. The fourth-order valence-corrected chi connectivity index (χ4v) is 3.84. The van der Waals surface area contributed by atoms with Gasteiger partial charge in [-0.05, 0) is 49.9 Å². The van der Waals surface area contributed by atoms with Crippen molar-refractivity contribution in [3.63, 3.8) is 0 Å². The topological polar surface area (TPSA) is 34.6 Å². The van der Waals surface area contributed by atoms with Gasteiger partial charge in [0.2, 0.25) is 0 Å². The zero-order valence-electron chi connectivity index (χ0n) is 21.5. The van der Waals surface area contributed by atoms with Crippen LogP contribution in [0, 0.1) is 0 Å². The third-order valence-electron chi connectivity index (χ3n) is 5.94. The second kappa shape index (κ2) is 22.3. The van der Waals surface area contributed by atoms with Gasteiger partial charge in [-0.15, -0.1) is 34.0 Å². The predicted octanol–water partition coefficient (Wildman–Crippen LogP) is 7.67. The van der Waals surface area contributed by atoms with E-state index in [9.17, 15) is 0 Å². The molecule has 2 heterocycles. The molecule has 0 aromatic carbocycles. The highest BCUT2D eigenvalue weighted by molar-refractivity contribution is 8.93. The SMILES string of the molecule is Br.Br.CCCCCCCN=c1ccn(CCCCn2ccc(=NCCCCCCC)cc2)cc1. The van der Waals surface area contributed by atoms with Gasteiger partial charge in [0.25, 0.3) is 0 Å². The average molecular weight is 601 g/mol. The van der Waals surface area contributed by atoms with E-state index in [4.69, 9.17) is 9.98 Å². The molecular formula is C28H48Br2N4. The van der Waals surface area contributed by atoms with Crippen molar-refractivity contribution in [3.05, 3.63) is 59.8 Å². The molecule has 0 amide bonds. The minimum absolute atomic E-state index is 0. The minimum Gasteiger partial charge on any atom is -0.354 e. The average Bonchev–Trinajstić information content (AvgIpc) is 2.83. The minimum atomic E-state index is 0. The molecule has 0 aliphatic carbocycles. The molecule has 0 spiro atoms. The first-order chi connectivity index (χ1) is 15.8. The highest BCUT2D eigenvalue weighted by atomic mass is 79.9. The van der Waals surface area contributed by atoms with Crippen molar-refractivity contribution in [2.24, 2.45) is 9.98 Å². The molecule has 0 aliphatic heterocycles. The van der Waals surface area contributed by atoms with Crippen molar-refractivity contribution in [1.29, 1.82) is 0 Å². The summed E-state index contributed by atoms with van der Waals surface area (Å²) in [7, 11) is 0. The molecule has 6 heteroatoms. The molecule has 4 nitrogen and oxygen atoms in total. The van der Waals surface area contributed by atoms with Crippen LogP contribution in [-0.4, -0.2) is 22.2 Å². The van der Waals surface area contributed by atoms with Crippen LogP contribution < -0.4 is 10.7 Å². The smallest absolute Gasteiger partial charge is 0.0603 e. The first-order valence-electron chi connectivity index (χ1n) is 13.1. The molecule has 194 valence electrons. The molecule has 0 bridgehead atoms. The van der Waals surface area contributed by atoms with Crippen molar-refractivity contribution in [3.8, 4) is 0 Å². The lowest BCUT2D eigenvalue weighted by Gasteiger charge is -2.08. The number of unbranched alkanes of at least 4 members (excludes halogenated alkanes) is 9. The Morgan fingerprint density at radius 1 is 0.500 bits per heavy atom. The summed E-state index contributed by atoms with van der Waals surface area (Å²) in [5, 5.41) is 2.22. The standard InChI is InChI=1S/C28H46N4.2BrH/c1-3-5-7-9-11-19-29-27-15-23-31(24-16-27)21-13-14-22-32-25-17-28(18-26-32)30-20-12-10-8-6-4-2;;/h15-18,23-26H,3-14,19-22H2,1-2H3;2*1H. The first kappa shape index (κ1) is 32.9. The maximum Gasteiger partial charge on any atom is 0.0603 e. The Morgan fingerprint density at radius 2 is 0.853 bits per heavy atom. The van der Waals surface area contributed by atoms with Gasteiger partial charge in [0.15, 0.2) is 0 Å². The summed E-state index contributed by atoms with van der Waals surface area (Å²) in [4.78, 5) is 9.40. The summed E-state index contributed by atoms with van der Waals surface area (Å²) in [6, 6.07) is 8.58. The van der Waals surface area contributed by atoms with E-state index in [1.807, 2.05) is 0 Å². The number of nitrogens with zero attached hydrogens (tertiary/aromatic N) is 4. The summed E-state index contributed by atoms with van der Waals surface area (Å²) in [6.07, 6.45) is 24.0. The quantitative estimate of drug-likeness (QED) is 0.167. The van der Waals surface area contributed by atoms with Crippen molar-refractivity contribution in [2.45, 2.75) is 104 Å². The maximum atomic E-state index is 4.70. The van der Waals surface area contributed by atoms with E-state index >= 15 is 0 Å². The lowest BCUT2D eigenvalue weighted by atomic mass is 10.1. The molecule has 2 aromatic heterocycles. The Hall–Kier alpha value is -1.14. The zero-order chi connectivity index (χ0) is 22.7. The Kier molecular flexibility index (Phi) is 21.6. The maximum absolute atomic E-state index is 4.70. The Balaban J connectivity index is 0.00000544. The molecule has 0 saturated carbocycles. The van der Waals surface area contributed by atoms with Gasteiger partial charge in [-0.3, -0.25) is 9.98 Å². The number of rotatable bonds is 17. The van der Waals surface area contributed by atoms with Crippen LogP contribution in [0.1, 0.15) is 90.9 Å². The highest BCUT2D eigenvalue weighted by Crippen LogP contribution is 2.03. The summed E-state index contributed by atoms with van der Waals surface area (Å²) in [5.41, 5.74) is 0. The number of hydrogen-bond acceptors (Lipinski definition) is 2. The van der Waals surface area contributed by atoms with Crippen molar-refractivity contribution in [2.75, 3.05) is 13.1 Å². The van der Waals surface area contributed by atoms with E-state index in [-0.39, 0.29) is 34.0 Å². The molecule has 0 aliphatic rings. The van der Waals surface area contributed by atoms with Crippen LogP contribution in [0.15, 0.2) is 59.0 Å². The Labute approximate surface area is 229 Å². The fourth-order valence-electron chi connectivity index (χ4n) is 3.84. The summed E-state index contributed by atoms with van der Waals surface area (Å²) < 4.78 is 4.54. The van der Waals surface area contributed by atoms with Gasteiger partial charge in [-0.2, -0.15) is 0 Å². The van der Waals surface area contributed by atoms with E-state index < -0.39 is 0 Å². The van der Waals surface area contributed by atoms with Crippen LogP contribution in [0.2, 0.25) is 0 Å². The van der Waals surface area contributed by atoms with Gasteiger partial charge in [0.05, 0.1) is 10.7 Å². The summed E-state index contributed by atoms with van der Waals surface area (Å²) in [6.45, 7) is 8.54. The molecule has 2 rings (SSSR count). The van der Waals surface area contributed by atoms with Gasteiger partial charge in [0, 0.05) is 51.0 Å². The number of aromatic nitrogens is 2. The first-order valence-corrected chi connectivity index (χ1v) is 13.1. The van der Waals surface area contributed by atoms with Crippen LogP contribution in [0.4, 0.5) is 0 Å². The molecule has 0 fully saturated rings. The fraction of sp³-hybridized carbons (Fsp3) is 0.643. The number of hydrogen-bond donors (Lipinski definition) is 0. The van der Waals surface area contributed by atoms with E-state index in [1.165, 1.54) is 77.0 Å². The Morgan fingerprint density at radius 3 is 1.21 bits per heavy atom. The third kappa shape index (κ3) is 15.7. The molecule has 0 N–H and O–H groups in total. The molecule has 0 unspecified atom stereocenters. The molecule has 0 radical (unpaired) electrons. The normalized spacial score (nSPS) is 10.3. The van der Waals surface area contributed by atoms with Crippen LogP contribution in [0.3, 0.4) is 0 Å². The van der Waals surface area contributed by atoms with E-state index in [2.05, 4.69) is 72.0 Å². The van der Waals surface area contributed by atoms with Crippen molar-refractivity contribution in [1.82, 2.24) is 9.13 Å². The van der Waals surface area contributed by atoms with Gasteiger partial charge in [-0.25, -0.2) is 0 Å². The van der Waals surface area contributed by atoms with Crippen molar-refractivity contribution >= 4 is 34.0 Å². The van der Waals surface area contributed by atoms with Gasteiger partial charge in [0.1, 0.15) is 0 Å². The van der Waals surface area contributed by atoms with Gasteiger partial charge in [-0.1, -0.05) is 65.2 Å². The predicted molar refractivity (Wildman–Crippen MR) is 157 cm³/mol. The van der Waals surface area contributed by atoms with Gasteiger partial charge < -0.3 is 9.13 Å². The zero-order valence-corrected chi connectivity index (χ0v) is 25.0. The number of halogens is 2. The highest BCUT2D eigenvalue weighted by Gasteiger charge is 1.94. The summed E-state index contributed by atoms with van der Waals surface area (Å²) >= 11 is 0. The molecule has 34 heavy (non-hydrogen) atoms. The lowest BCUT2D eigenvalue weighted by molar-refractivity contribution is 0.549. The van der Waals surface area contributed by atoms with E-state index in [0.29, 0.717) is 0 Å². The lowest BCUT2D eigenvalue weighted by Crippen LogP contribution is -2.08.